The Kier molecular flexibility index (Phi) is 3.12. The van der Waals surface area contributed by atoms with E-state index in [1.54, 1.807) is 28.5 Å². The number of hydrogen-bond donors (Lipinski definition) is 2. The molecule has 3 rings (SSSR count). The van der Waals surface area contributed by atoms with E-state index in [4.69, 9.17) is 0 Å². The molecular formula is C14H16N2O3S. The van der Waals surface area contributed by atoms with Crippen LogP contribution >= 0.6 is 11.8 Å². The zero-order valence-electron chi connectivity index (χ0n) is 11.2. The van der Waals surface area contributed by atoms with Gasteiger partial charge in [0, 0.05) is 11.3 Å². The van der Waals surface area contributed by atoms with Gasteiger partial charge < -0.3 is 10.1 Å². The highest BCUT2D eigenvalue weighted by molar-refractivity contribution is 8.00. The molecule has 1 aliphatic carbocycles. The van der Waals surface area contributed by atoms with Crippen molar-refractivity contribution >= 4 is 28.8 Å². The number of nitrogens with one attached hydrogen (secondary N) is 1. The highest BCUT2D eigenvalue weighted by atomic mass is 32.2. The SMILES string of the molecule is CSC1(Cn2c(=O)[nH]c3c(C(=O)O)cccc32)CCC1. The lowest BCUT2D eigenvalue weighted by molar-refractivity contribution is 0.0699. The van der Waals surface area contributed by atoms with Gasteiger partial charge in [-0.05, 0) is 31.2 Å². The van der Waals surface area contributed by atoms with Crippen molar-refractivity contribution in [1.82, 2.24) is 9.55 Å². The molecule has 5 nitrogen and oxygen atoms in total. The van der Waals surface area contributed by atoms with E-state index in [9.17, 15) is 14.7 Å². The van der Waals surface area contributed by atoms with E-state index in [-0.39, 0.29) is 16.0 Å². The number of fused-ring (bicyclic) bond motifs is 1. The third kappa shape index (κ3) is 1.95. The molecule has 2 aromatic rings. The van der Waals surface area contributed by atoms with Crippen LogP contribution in [0.3, 0.4) is 0 Å². The molecule has 1 heterocycles. The van der Waals surface area contributed by atoms with Crippen LogP contribution in [0.4, 0.5) is 0 Å². The van der Waals surface area contributed by atoms with Crippen LogP contribution in [0.5, 0.6) is 0 Å². The number of imidazole rings is 1. The van der Waals surface area contributed by atoms with E-state index < -0.39 is 5.97 Å². The van der Waals surface area contributed by atoms with E-state index in [1.165, 1.54) is 12.5 Å². The Labute approximate surface area is 120 Å². The van der Waals surface area contributed by atoms with Crippen LogP contribution in [0, 0.1) is 0 Å². The lowest BCUT2D eigenvalue weighted by Gasteiger charge is -2.40. The number of benzene rings is 1. The van der Waals surface area contributed by atoms with Crippen molar-refractivity contribution < 1.29 is 9.90 Å². The van der Waals surface area contributed by atoms with E-state index in [1.807, 2.05) is 0 Å². The fourth-order valence-corrected chi connectivity index (χ4v) is 3.76. The molecule has 0 aliphatic heterocycles. The molecule has 0 amide bonds. The quantitative estimate of drug-likeness (QED) is 0.906. The summed E-state index contributed by atoms with van der Waals surface area (Å²) in [5, 5.41) is 9.18. The normalized spacial score (nSPS) is 17.1. The molecule has 0 atom stereocenters. The van der Waals surface area contributed by atoms with E-state index >= 15 is 0 Å². The number of H-pyrrole nitrogens is 1. The molecule has 2 N–H and O–H groups in total. The topological polar surface area (TPSA) is 75.1 Å². The molecule has 6 heteroatoms. The first kappa shape index (κ1) is 13.3. The first-order chi connectivity index (χ1) is 9.56. The summed E-state index contributed by atoms with van der Waals surface area (Å²) >= 11 is 1.80. The number of aromatic amines is 1. The van der Waals surface area contributed by atoms with Gasteiger partial charge in [-0.2, -0.15) is 11.8 Å². The second-order valence-electron chi connectivity index (χ2n) is 5.26. The van der Waals surface area contributed by atoms with Crippen LogP contribution < -0.4 is 5.69 Å². The van der Waals surface area contributed by atoms with Crippen LogP contribution in [0.1, 0.15) is 29.6 Å². The van der Waals surface area contributed by atoms with E-state index in [2.05, 4.69) is 11.2 Å². The maximum atomic E-state index is 12.2. The lowest BCUT2D eigenvalue weighted by atomic mass is 9.84. The molecule has 1 saturated carbocycles. The second-order valence-corrected chi connectivity index (χ2v) is 6.54. The van der Waals surface area contributed by atoms with Crippen LogP contribution in [0.2, 0.25) is 0 Å². The molecule has 106 valence electrons. The maximum Gasteiger partial charge on any atom is 0.337 e. The van der Waals surface area contributed by atoms with Gasteiger partial charge in [0.2, 0.25) is 0 Å². The first-order valence-electron chi connectivity index (χ1n) is 6.56. The van der Waals surface area contributed by atoms with Crippen molar-refractivity contribution in [2.24, 2.45) is 0 Å². The molecule has 1 fully saturated rings. The predicted molar refractivity (Wildman–Crippen MR) is 79.6 cm³/mol. The Balaban J connectivity index is 2.12. The van der Waals surface area contributed by atoms with Gasteiger partial charge in [0.15, 0.2) is 0 Å². The Morgan fingerprint density at radius 3 is 2.80 bits per heavy atom. The Morgan fingerprint density at radius 1 is 1.50 bits per heavy atom. The molecule has 0 radical (unpaired) electrons. The third-order valence-electron chi connectivity index (χ3n) is 4.18. The first-order valence-corrected chi connectivity index (χ1v) is 7.79. The highest BCUT2D eigenvalue weighted by Gasteiger charge is 2.37. The summed E-state index contributed by atoms with van der Waals surface area (Å²) in [6, 6.07) is 4.99. The molecule has 1 aliphatic rings. The highest BCUT2D eigenvalue weighted by Crippen LogP contribution is 2.44. The molecule has 0 spiro atoms. The van der Waals surface area contributed by atoms with Crippen molar-refractivity contribution in [2.45, 2.75) is 30.6 Å². The number of aromatic nitrogens is 2. The summed E-state index contributed by atoms with van der Waals surface area (Å²) in [6.07, 6.45) is 5.47. The smallest absolute Gasteiger partial charge is 0.337 e. The van der Waals surface area contributed by atoms with Gasteiger partial charge in [0.1, 0.15) is 0 Å². The molecular weight excluding hydrogens is 276 g/mol. The minimum Gasteiger partial charge on any atom is -0.478 e. The Hall–Kier alpha value is -1.69. The van der Waals surface area contributed by atoms with Crippen LogP contribution in [0.15, 0.2) is 23.0 Å². The van der Waals surface area contributed by atoms with Gasteiger partial charge in [-0.3, -0.25) is 4.57 Å². The number of carbonyl (C=O) groups is 1. The number of hydrogen-bond acceptors (Lipinski definition) is 3. The Bertz CT molecular complexity index is 722. The molecule has 0 saturated heterocycles. The average Bonchev–Trinajstić information content (AvgIpc) is 2.69. The third-order valence-corrected chi connectivity index (χ3v) is 5.59. The number of aromatic carboxylic acids is 1. The van der Waals surface area contributed by atoms with Crippen LogP contribution in [-0.2, 0) is 6.54 Å². The van der Waals surface area contributed by atoms with Crippen LogP contribution in [0.25, 0.3) is 11.0 Å². The fourth-order valence-electron chi connectivity index (χ4n) is 2.80. The number of nitrogens with zero attached hydrogens (tertiary/aromatic N) is 1. The summed E-state index contributed by atoms with van der Waals surface area (Å²) < 4.78 is 1.80. The summed E-state index contributed by atoms with van der Waals surface area (Å²) in [7, 11) is 0. The number of carboxylic acid groups (broad SMARTS) is 1. The monoisotopic (exact) mass is 292 g/mol. The number of carboxylic acids is 1. The molecule has 1 aromatic carbocycles. The number of para-hydroxylation sites is 1. The zero-order valence-corrected chi connectivity index (χ0v) is 12.0. The van der Waals surface area contributed by atoms with Crippen LogP contribution in [-0.4, -0.2) is 31.6 Å². The van der Waals surface area contributed by atoms with Gasteiger partial charge in [-0.15, -0.1) is 0 Å². The van der Waals surface area contributed by atoms with E-state index in [0.717, 1.165) is 12.8 Å². The summed E-state index contributed by atoms with van der Waals surface area (Å²) in [5.41, 5.74) is 1.01. The van der Waals surface area contributed by atoms with Crippen molar-refractivity contribution in [3.63, 3.8) is 0 Å². The zero-order chi connectivity index (χ0) is 14.3. The second kappa shape index (κ2) is 4.70. The van der Waals surface area contributed by atoms with Gasteiger partial charge >= 0.3 is 11.7 Å². The van der Waals surface area contributed by atoms with Crippen molar-refractivity contribution in [3.8, 4) is 0 Å². The fraction of sp³-hybridized carbons (Fsp3) is 0.429. The minimum absolute atomic E-state index is 0.123. The van der Waals surface area contributed by atoms with Gasteiger partial charge in [-0.25, -0.2) is 9.59 Å². The van der Waals surface area contributed by atoms with E-state index in [0.29, 0.717) is 17.6 Å². The minimum atomic E-state index is -1.02. The number of rotatable bonds is 4. The Morgan fingerprint density at radius 2 is 2.25 bits per heavy atom. The summed E-state index contributed by atoms with van der Waals surface area (Å²) in [4.78, 5) is 26.1. The molecule has 20 heavy (non-hydrogen) atoms. The average molecular weight is 292 g/mol. The summed E-state index contributed by atoms with van der Waals surface area (Å²) in [5.74, 6) is -1.02. The van der Waals surface area contributed by atoms with Gasteiger partial charge in [-0.1, -0.05) is 12.5 Å². The largest absolute Gasteiger partial charge is 0.478 e. The molecule has 0 unspecified atom stereocenters. The number of thioether (sulfide) groups is 1. The molecule has 1 aromatic heterocycles. The molecule has 0 bridgehead atoms. The standard InChI is InChI=1S/C14H16N2O3S/c1-20-14(6-3-7-14)8-16-10-5-2-4-9(12(17)18)11(10)15-13(16)19/h2,4-5H,3,6-8H2,1H3,(H,15,19)(H,17,18). The van der Waals surface area contributed by atoms with Crippen molar-refractivity contribution in [1.29, 1.82) is 0 Å². The van der Waals surface area contributed by atoms with Gasteiger partial charge in [0.05, 0.1) is 16.6 Å². The summed E-state index contributed by atoms with van der Waals surface area (Å²) in [6.45, 7) is 0.635. The van der Waals surface area contributed by atoms with Gasteiger partial charge in [0.25, 0.3) is 0 Å². The van der Waals surface area contributed by atoms with Crippen molar-refractivity contribution in [2.75, 3.05) is 6.26 Å². The predicted octanol–water partition coefficient (Wildman–Crippen LogP) is 2.31. The van der Waals surface area contributed by atoms with Crippen molar-refractivity contribution in [3.05, 3.63) is 34.2 Å². The maximum absolute atomic E-state index is 12.2. The lowest BCUT2D eigenvalue weighted by Crippen LogP contribution is -2.40.